The molecule has 2 unspecified atom stereocenters. The summed E-state index contributed by atoms with van der Waals surface area (Å²) in [5.74, 6) is 0. The van der Waals surface area contributed by atoms with E-state index in [2.05, 4.69) is 19.1 Å². The van der Waals surface area contributed by atoms with Crippen LogP contribution in [0.25, 0.3) is 0 Å². The number of hydrogen-bond acceptors (Lipinski definition) is 3. The second-order valence-electron chi connectivity index (χ2n) is 4.74. The van der Waals surface area contributed by atoms with Crippen molar-refractivity contribution >= 4 is 11.3 Å². The summed E-state index contributed by atoms with van der Waals surface area (Å²) in [6.07, 6.45) is 6.68. The van der Waals surface area contributed by atoms with E-state index in [1.807, 2.05) is 0 Å². The Morgan fingerprint density at radius 2 is 2.41 bits per heavy atom. The van der Waals surface area contributed by atoms with Crippen molar-refractivity contribution in [2.24, 2.45) is 0 Å². The summed E-state index contributed by atoms with van der Waals surface area (Å²) >= 11 is 1.74. The number of hydrogen-bond donors (Lipinski definition) is 1. The molecule has 0 saturated carbocycles. The van der Waals surface area contributed by atoms with Crippen molar-refractivity contribution in [2.75, 3.05) is 6.61 Å². The van der Waals surface area contributed by atoms with E-state index < -0.39 is 0 Å². The third-order valence-corrected chi connectivity index (χ3v) is 4.72. The molecule has 0 radical (unpaired) electrons. The maximum Gasteiger partial charge on any atom is 0.0882 e. The van der Waals surface area contributed by atoms with E-state index in [0.717, 1.165) is 37.2 Å². The van der Waals surface area contributed by atoms with Crippen molar-refractivity contribution in [3.05, 3.63) is 21.9 Å². The average molecular weight is 254 g/mol. The second kappa shape index (κ2) is 6.53. The first-order valence-electron chi connectivity index (χ1n) is 6.68. The van der Waals surface area contributed by atoms with E-state index in [-0.39, 0.29) is 6.10 Å². The summed E-state index contributed by atoms with van der Waals surface area (Å²) in [6, 6.07) is 4.20. The standard InChI is InChI=1S/C14H22O2S/c1-2-12-8-9-14(17-12)13(15)7-3-5-11-6-4-10-16-11/h8-9,11,13,15H,2-7,10H2,1H3. The van der Waals surface area contributed by atoms with Crippen LogP contribution in [0.3, 0.4) is 0 Å². The average Bonchev–Trinajstić information content (AvgIpc) is 2.99. The summed E-state index contributed by atoms with van der Waals surface area (Å²) in [5, 5.41) is 10.1. The number of thiophene rings is 1. The van der Waals surface area contributed by atoms with Crippen molar-refractivity contribution in [3.8, 4) is 0 Å². The highest BCUT2D eigenvalue weighted by Crippen LogP contribution is 2.28. The van der Waals surface area contributed by atoms with E-state index in [4.69, 9.17) is 4.74 Å². The molecule has 2 nitrogen and oxygen atoms in total. The maximum absolute atomic E-state index is 10.1. The van der Waals surface area contributed by atoms with Crippen LogP contribution in [0.2, 0.25) is 0 Å². The summed E-state index contributed by atoms with van der Waals surface area (Å²) < 4.78 is 5.58. The fourth-order valence-corrected chi connectivity index (χ4v) is 3.29. The first-order chi connectivity index (χ1) is 8.29. The molecule has 3 heteroatoms. The van der Waals surface area contributed by atoms with Gasteiger partial charge in [-0.05, 0) is 50.7 Å². The van der Waals surface area contributed by atoms with E-state index in [0.29, 0.717) is 6.10 Å². The lowest BCUT2D eigenvalue weighted by atomic mass is 10.1. The first-order valence-corrected chi connectivity index (χ1v) is 7.49. The third kappa shape index (κ3) is 3.80. The van der Waals surface area contributed by atoms with E-state index in [9.17, 15) is 5.11 Å². The lowest BCUT2D eigenvalue weighted by Gasteiger charge is -2.11. The highest BCUT2D eigenvalue weighted by molar-refractivity contribution is 7.12. The largest absolute Gasteiger partial charge is 0.388 e. The molecule has 1 N–H and O–H groups in total. The second-order valence-corrected chi connectivity index (χ2v) is 5.94. The van der Waals surface area contributed by atoms with Crippen molar-refractivity contribution in [2.45, 2.75) is 57.7 Å². The number of aliphatic hydroxyl groups excluding tert-OH is 1. The highest BCUT2D eigenvalue weighted by atomic mass is 32.1. The third-order valence-electron chi connectivity index (χ3n) is 3.39. The Bertz CT molecular complexity index is 329. The van der Waals surface area contributed by atoms with Gasteiger partial charge in [0.1, 0.15) is 0 Å². The Morgan fingerprint density at radius 1 is 1.53 bits per heavy atom. The van der Waals surface area contributed by atoms with Crippen LogP contribution in [0.15, 0.2) is 12.1 Å². The van der Waals surface area contributed by atoms with Crippen molar-refractivity contribution in [3.63, 3.8) is 0 Å². The molecule has 96 valence electrons. The van der Waals surface area contributed by atoms with Gasteiger partial charge in [-0.15, -0.1) is 11.3 Å². The molecule has 1 saturated heterocycles. The normalized spacial score (nSPS) is 21.9. The fraction of sp³-hybridized carbons (Fsp3) is 0.714. The van der Waals surface area contributed by atoms with Gasteiger partial charge in [-0.3, -0.25) is 0 Å². The van der Waals surface area contributed by atoms with Crippen LogP contribution in [0, 0.1) is 0 Å². The van der Waals surface area contributed by atoms with Crippen LogP contribution in [-0.2, 0) is 11.2 Å². The molecule has 1 aromatic heterocycles. The number of rotatable bonds is 6. The van der Waals surface area contributed by atoms with Crippen molar-refractivity contribution in [1.29, 1.82) is 0 Å². The zero-order valence-corrected chi connectivity index (χ0v) is 11.3. The van der Waals surface area contributed by atoms with Gasteiger partial charge in [0.2, 0.25) is 0 Å². The molecule has 1 aromatic rings. The SMILES string of the molecule is CCc1ccc(C(O)CCCC2CCCO2)s1. The minimum atomic E-state index is -0.276. The summed E-state index contributed by atoms with van der Waals surface area (Å²) in [6.45, 7) is 3.08. The zero-order valence-electron chi connectivity index (χ0n) is 10.5. The molecule has 1 fully saturated rings. The molecule has 17 heavy (non-hydrogen) atoms. The molecular formula is C14H22O2S. The topological polar surface area (TPSA) is 29.5 Å². The van der Waals surface area contributed by atoms with Gasteiger partial charge in [-0.25, -0.2) is 0 Å². The monoisotopic (exact) mass is 254 g/mol. The molecule has 1 aliphatic rings. The Kier molecular flexibility index (Phi) is 5.01. The van der Waals surface area contributed by atoms with Crippen LogP contribution in [-0.4, -0.2) is 17.8 Å². The predicted molar refractivity (Wildman–Crippen MR) is 71.5 cm³/mol. The molecule has 0 aliphatic carbocycles. The van der Waals surface area contributed by atoms with Gasteiger partial charge in [0.25, 0.3) is 0 Å². The Balaban J connectivity index is 1.70. The van der Waals surface area contributed by atoms with Gasteiger partial charge in [0.05, 0.1) is 12.2 Å². The smallest absolute Gasteiger partial charge is 0.0882 e. The van der Waals surface area contributed by atoms with Gasteiger partial charge in [0, 0.05) is 16.4 Å². The van der Waals surface area contributed by atoms with Gasteiger partial charge in [-0.1, -0.05) is 6.92 Å². The summed E-state index contributed by atoms with van der Waals surface area (Å²) in [4.78, 5) is 2.48. The molecule has 0 amide bonds. The van der Waals surface area contributed by atoms with Gasteiger partial charge in [-0.2, -0.15) is 0 Å². The Morgan fingerprint density at radius 3 is 3.06 bits per heavy atom. The Labute approximate surface area is 108 Å². The molecule has 1 aliphatic heterocycles. The predicted octanol–water partition coefficient (Wildman–Crippen LogP) is 3.69. The molecule has 2 heterocycles. The number of ether oxygens (including phenoxy) is 1. The molecule has 0 spiro atoms. The molecule has 2 atom stereocenters. The molecule has 2 rings (SSSR count). The number of aryl methyl sites for hydroxylation is 1. The quantitative estimate of drug-likeness (QED) is 0.839. The number of aliphatic hydroxyl groups is 1. The van der Waals surface area contributed by atoms with Crippen LogP contribution < -0.4 is 0 Å². The van der Waals surface area contributed by atoms with Gasteiger partial charge >= 0.3 is 0 Å². The zero-order chi connectivity index (χ0) is 12.1. The maximum atomic E-state index is 10.1. The minimum absolute atomic E-state index is 0.276. The van der Waals surface area contributed by atoms with Crippen molar-refractivity contribution < 1.29 is 9.84 Å². The fourth-order valence-electron chi connectivity index (χ4n) is 2.32. The lowest BCUT2D eigenvalue weighted by Crippen LogP contribution is -2.05. The van der Waals surface area contributed by atoms with Crippen LogP contribution in [0.4, 0.5) is 0 Å². The van der Waals surface area contributed by atoms with Gasteiger partial charge in [0.15, 0.2) is 0 Å². The van der Waals surface area contributed by atoms with Crippen LogP contribution in [0.1, 0.15) is 54.9 Å². The lowest BCUT2D eigenvalue weighted by molar-refractivity contribution is 0.0948. The molecule has 0 aromatic carbocycles. The minimum Gasteiger partial charge on any atom is -0.388 e. The van der Waals surface area contributed by atoms with Crippen LogP contribution in [0.5, 0.6) is 0 Å². The molecule has 0 bridgehead atoms. The Hall–Kier alpha value is -0.380. The van der Waals surface area contributed by atoms with E-state index in [1.165, 1.54) is 17.7 Å². The van der Waals surface area contributed by atoms with Crippen LogP contribution >= 0.6 is 11.3 Å². The summed E-state index contributed by atoms with van der Waals surface area (Å²) in [7, 11) is 0. The summed E-state index contributed by atoms with van der Waals surface area (Å²) in [5.41, 5.74) is 0. The van der Waals surface area contributed by atoms with E-state index in [1.54, 1.807) is 11.3 Å². The molecular weight excluding hydrogens is 232 g/mol. The van der Waals surface area contributed by atoms with Crippen molar-refractivity contribution in [1.82, 2.24) is 0 Å². The first kappa shape index (κ1) is 13.1. The van der Waals surface area contributed by atoms with Gasteiger partial charge < -0.3 is 9.84 Å². The highest BCUT2D eigenvalue weighted by Gasteiger charge is 2.16. The van der Waals surface area contributed by atoms with E-state index >= 15 is 0 Å².